The number of ether oxygens (including phenoxy) is 2. The fourth-order valence-corrected chi connectivity index (χ4v) is 0.886. The highest BCUT2D eigenvalue weighted by Crippen LogP contribution is 2.16. The van der Waals surface area contributed by atoms with Gasteiger partial charge in [0.15, 0.2) is 11.5 Å². The molecule has 0 N–H and O–H groups in total. The van der Waals surface area contributed by atoms with Crippen molar-refractivity contribution >= 4 is 6.21 Å². The Labute approximate surface area is 58.7 Å². The number of nitrogens with zero attached hydrogens (tertiary/aromatic N) is 1. The summed E-state index contributed by atoms with van der Waals surface area (Å²) in [6.07, 6.45) is 5.52. The topological polar surface area (TPSA) is 30.8 Å². The summed E-state index contributed by atoms with van der Waals surface area (Å²) < 4.78 is 10.2. The van der Waals surface area contributed by atoms with E-state index in [0.29, 0.717) is 13.3 Å². The molecule has 0 aromatic heterocycles. The molecule has 0 radical (unpaired) electrons. The van der Waals surface area contributed by atoms with Crippen LogP contribution in [0.2, 0.25) is 0 Å². The third-order valence-electron chi connectivity index (χ3n) is 1.36. The Morgan fingerprint density at radius 2 is 2.20 bits per heavy atom. The quantitative estimate of drug-likeness (QED) is 0.495. The Hall–Kier alpha value is -1.25. The van der Waals surface area contributed by atoms with Gasteiger partial charge in [-0.1, -0.05) is 6.08 Å². The van der Waals surface area contributed by atoms with Crippen LogP contribution in [0.3, 0.4) is 0 Å². The standard InChI is InChI=1S/C7H7NO2/c1-2-6-7(4-8-3-1)10-5-9-6/h1-2,4H,3,5H2. The maximum absolute atomic E-state index is 5.12. The Balaban J connectivity index is 2.34. The molecule has 0 aliphatic carbocycles. The molecule has 2 rings (SSSR count). The van der Waals surface area contributed by atoms with Gasteiger partial charge in [-0.25, -0.2) is 0 Å². The lowest BCUT2D eigenvalue weighted by atomic mass is 10.4. The molecule has 0 aromatic carbocycles. The zero-order valence-corrected chi connectivity index (χ0v) is 5.41. The van der Waals surface area contributed by atoms with Crippen molar-refractivity contribution in [2.45, 2.75) is 0 Å². The van der Waals surface area contributed by atoms with E-state index in [2.05, 4.69) is 4.99 Å². The van der Waals surface area contributed by atoms with E-state index in [0.717, 1.165) is 11.5 Å². The Bertz CT molecular complexity index is 206. The second kappa shape index (κ2) is 2.17. The van der Waals surface area contributed by atoms with Crippen molar-refractivity contribution in [3.63, 3.8) is 0 Å². The van der Waals surface area contributed by atoms with Crippen LogP contribution in [0.25, 0.3) is 0 Å². The van der Waals surface area contributed by atoms with Gasteiger partial charge in [-0.3, -0.25) is 4.99 Å². The molecule has 10 heavy (non-hydrogen) atoms. The molecular formula is C7H7NO2. The van der Waals surface area contributed by atoms with Crippen LogP contribution >= 0.6 is 0 Å². The van der Waals surface area contributed by atoms with Gasteiger partial charge < -0.3 is 9.47 Å². The summed E-state index contributed by atoms with van der Waals surface area (Å²) in [5.74, 6) is 1.54. The maximum Gasteiger partial charge on any atom is 0.231 e. The van der Waals surface area contributed by atoms with Crippen molar-refractivity contribution in [1.82, 2.24) is 0 Å². The molecule has 3 nitrogen and oxygen atoms in total. The van der Waals surface area contributed by atoms with E-state index in [4.69, 9.17) is 9.47 Å². The van der Waals surface area contributed by atoms with Crippen LogP contribution in [0, 0.1) is 0 Å². The Morgan fingerprint density at radius 1 is 1.30 bits per heavy atom. The first kappa shape index (κ1) is 5.53. The van der Waals surface area contributed by atoms with Gasteiger partial charge in [0.05, 0.1) is 12.8 Å². The van der Waals surface area contributed by atoms with Crippen LogP contribution in [0.15, 0.2) is 28.7 Å². The normalized spacial score (nSPS) is 21.6. The van der Waals surface area contributed by atoms with Gasteiger partial charge in [0.25, 0.3) is 0 Å². The Morgan fingerprint density at radius 3 is 3.20 bits per heavy atom. The van der Waals surface area contributed by atoms with Crippen molar-refractivity contribution in [2.24, 2.45) is 4.99 Å². The molecule has 0 bridgehead atoms. The van der Waals surface area contributed by atoms with E-state index in [1.165, 1.54) is 0 Å². The highest BCUT2D eigenvalue weighted by molar-refractivity contribution is 5.78. The number of hydrogen-bond acceptors (Lipinski definition) is 3. The molecule has 0 saturated carbocycles. The summed E-state index contributed by atoms with van der Waals surface area (Å²) in [6, 6.07) is 0. The smallest absolute Gasteiger partial charge is 0.231 e. The predicted octanol–water partition coefficient (Wildman–Crippen LogP) is 0.843. The average Bonchev–Trinajstić information content (AvgIpc) is 2.28. The monoisotopic (exact) mass is 137 g/mol. The number of allylic oxidation sites excluding steroid dienone is 2. The second-order valence-electron chi connectivity index (χ2n) is 2.03. The molecule has 0 atom stereocenters. The van der Waals surface area contributed by atoms with Gasteiger partial charge >= 0.3 is 0 Å². The lowest BCUT2D eigenvalue weighted by Gasteiger charge is -1.90. The van der Waals surface area contributed by atoms with Gasteiger partial charge in [-0.05, 0) is 6.08 Å². The van der Waals surface area contributed by atoms with E-state index in [1.54, 1.807) is 6.21 Å². The molecule has 0 aromatic rings. The van der Waals surface area contributed by atoms with Gasteiger partial charge in [-0.2, -0.15) is 0 Å². The number of aliphatic imine (C=N–C) groups is 1. The van der Waals surface area contributed by atoms with Crippen LogP contribution in [0.5, 0.6) is 0 Å². The molecule has 2 aliphatic rings. The lowest BCUT2D eigenvalue weighted by Crippen LogP contribution is -1.86. The third kappa shape index (κ3) is 0.795. The van der Waals surface area contributed by atoms with Crippen LogP contribution in [-0.4, -0.2) is 19.6 Å². The summed E-state index contributed by atoms with van der Waals surface area (Å²) in [6.45, 7) is 1.03. The molecule has 0 unspecified atom stereocenters. The summed E-state index contributed by atoms with van der Waals surface area (Å²) in [5, 5.41) is 0. The summed E-state index contributed by atoms with van der Waals surface area (Å²) in [5.41, 5.74) is 0. The van der Waals surface area contributed by atoms with Gasteiger partial charge in [0.1, 0.15) is 0 Å². The molecular weight excluding hydrogens is 130 g/mol. The highest BCUT2D eigenvalue weighted by Gasteiger charge is 2.13. The second-order valence-corrected chi connectivity index (χ2v) is 2.03. The van der Waals surface area contributed by atoms with Crippen LogP contribution in [-0.2, 0) is 9.47 Å². The van der Waals surface area contributed by atoms with Gasteiger partial charge in [0, 0.05) is 0 Å². The van der Waals surface area contributed by atoms with Crippen LogP contribution in [0.1, 0.15) is 0 Å². The molecule has 0 fully saturated rings. The van der Waals surface area contributed by atoms with E-state index in [-0.39, 0.29) is 0 Å². The van der Waals surface area contributed by atoms with E-state index in [1.807, 2.05) is 12.2 Å². The molecule has 3 heteroatoms. The minimum atomic E-state index is 0.320. The largest absolute Gasteiger partial charge is 0.454 e. The van der Waals surface area contributed by atoms with Gasteiger partial charge in [-0.15, -0.1) is 0 Å². The lowest BCUT2D eigenvalue weighted by molar-refractivity contribution is 0.0798. The van der Waals surface area contributed by atoms with Gasteiger partial charge in [0.2, 0.25) is 6.79 Å². The average molecular weight is 137 g/mol. The minimum Gasteiger partial charge on any atom is -0.454 e. The zero-order chi connectivity index (χ0) is 6.81. The van der Waals surface area contributed by atoms with Crippen molar-refractivity contribution in [2.75, 3.05) is 13.3 Å². The van der Waals surface area contributed by atoms with Crippen LogP contribution < -0.4 is 0 Å². The first-order chi connectivity index (χ1) is 4.97. The summed E-state index contributed by atoms with van der Waals surface area (Å²) in [7, 11) is 0. The zero-order valence-electron chi connectivity index (χ0n) is 5.41. The number of rotatable bonds is 0. The van der Waals surface area contributed by atoms with Crippen molar-refractivity contribution in [3.8, 4) is 0 Å². The molecule has 0 amide bonds. The number of hydrogen-bond donors (Lipinski definition) is 0. The molecule has 0 spiro atoms. The van der Waals surface area contributed by atoms with E-state index in [9.17, 15) is 0 Å². The molecule has 0 saturated heterocycles. The highest BCUT2D eigenvalue weighted by atomic mass is 16.7. The molecule has 2 heterocycles. The Kier molecular flexibility index (Phi) is 1.20. The summed E-state index contributed by atoms with van der Waals surface area (Å²) >= 11 is 0. The third-order valence-corrected chi connectivity index (χ3v) is 1.36. The SMILES string of the molecule is C1=CC2=C(C=NC1)OCO2. The molecule has 2 aliphatic heterocycles. The van der Waals surface area contributed by atoms with Crippen LogP contribution in [0.4, 0.5) is 0 Å². The fourth-order valence-electron chi connectivity index (χ4n) is 0.886. The minimum absolute atomic E-state index is 0.320. The fraction of sp³-hybridized carbons (Fsp3) is 0.286. The van der Waals surface area contributed by atoms with Crippen molar-refractivity contribution in [3.05, 3.63) is 23.7 Å². The van der Waals surface area contributed by atoms with E-state index < -0.39 is 0 Å². The first-order valence-corrected chi connectivity index (χ1v) is 3.13. The predicted molar refractivity (Wildman–Crippen MR) is 36.6 cm³/mol. The van der Waals surface area contributed by atoms with E-state index >= 15 is 0 Å². The first-order valence-electron chi connectivity index (χ1n) is 3.13. The molecule has 52 valence electrons. The van der Waals surface area contributed by atoms with Crippen molar-refractivity contribution < 1.29 is 9.47 Å². The van der Waals surface area contributed by atoms with Crippen molar-refractivity contribution in [1.29, 1.82) is 0 Å². The summed E-state index contributed by atoms with van der Waals surface area (Å²) in [4.78, 5) is 4.04. The maximum atomic E-state index is 5.12.